The van der Waals surface area contributed by atoms with E-state index >= 15 is 0 Å². The lowest BCUT2D eigenvalue weighted by Crippen LogP contribution is -2.34. The predicted molar refractivity (Wildman–Crippen MR) is 157 cm³/mol. The van der Waals surface area contributed by atoms with Gasteiger partial charge in [-0.3, -0.25) is 4.79 Å². The molecule has 2 atom stereocenters. The van der Waals surface area contributed by atoms with Gasteiger partial charge < -0.3 is 24.7 Å². The van der Waals surface area contributed by atoms with E-state index in [0.29, 0.717) is 39.2 Å². The van der Waals surface area contributed by atoms with Gasteiger partial charge in [-0.1, -0.05) is 55.2 Å². The van der Waals surface area contributed by atoms with Gasteiger partial charge in [-0.2, -0.15) is 13.2 Å². The molecule has 2 unspecified atom stereocenters. The minimum atomic E-state index is -5.08. The van der Waals surface area contributed by atoms with Crippen molar-refractivity contribution in [1.29, 1.82) is 0 Å². The highest BCUT2D eigenvalue weighted by atomic mass is 35.5. The van der Waals surface area contributed by atoms with Crippen LogP contribution < -0.4 is 11.3 Å². The Balaban J connectivity index is 0.000000517. The molecular weight excluding hydrogens is 596 g/mol. The summed E-state index contributed by atoms with van der Waals surface area (Å²) in [6.45, 7) is 6.16. The van der Waals surface area contributed by atoms with Crippen LogP contribution in [0.1, 0.15) is 33.1 Å². The number of hydrogen-bond acceptors (Lipinski definition) is 5. The predicted octanol–water partition coefficient (Wildman–Crippen LogP) is 6.51. The molecule has 4 aromatic rings. The molecule has 0 aliphatic carbocycles. The third-order valence-corrected chi connectivity index (χ3v) is 7.61. The molecule has 226 valence electrons. The maximum Gasteiger partial charge on any atom is 0.490 e. The van der Waals surface area contributed by atoms with Crippen LogP contribution >= 0.6 is 23.2 Å². The largest absolute Gasteiger partial charge is 0.490 e. The Morgan fingerprint density at radius 1 is 1.19 bits per heavy atom. The second-order valence-corrected chi connectivity index (χ2v) is 11.5. The number of ether oxygens (including phenoxy) is 1. The van der Waals surface area contributed by atoms with Crippen molar-refractivity contribution in [3.8, 4) is 11.3 Å². The molecule has 2 aromatic heterocycles. The average Bonchev–Trinajstić information content (AvgIpc) is 3.55. The van der Waals surface area contributed by atoms with E-state index in [4.69, 9.17) is 48.6 Å². The maximum absolute atomic E-state index is 13.9. The highest BCUT2D eigenvalue weighted by Gasteiger charge is 2.38. The first-order valence-corrected chi connectivity index (χ1v) is 14.2. The van der Waals surface area contributed by atoms with Gasteiger partial charge in [-0.15, -0.1) is 0 Å². The number of para-hydroxylation sites is 1. The van der Waals surface area contributed by atoms with Crippen LogP contribution in [0.5, 0.6) is 0 Å². The molecule has 1 aliphatic rings. The van der Waals surface area contributed by atoms with Gasteiger partial charge in [0.25, 0.3) is 5.56 Å². The van der Waals surface area contributed by atoms with Crippen LogP contribution in [0.3, 0.4) is 0 Å². The van der Waals surface area contributed by atoms with Crippen LogP contribution in [0, 0.1) is 5.92 Å². The minimum Gasteiger partial charge on any atom is -0.475 e. The van der Waals surface area contributed by atoms with Crippen molar-refractivity contribution in [3.05, 3.63) is 63.0 Å². The zero-order valence-electron chi connectivity index (χ0n) is 23.0. The van der Waals surface area contributed by atoms with E-state index in [2.05, 4.69) is 24.5 Å². The van der Waals surface area contributed by atoms with Crippen LogP contribution in [0.2, 0.25) is 10.0 Å². The van der Waals surface area contributed by atoms with E-state index in [1.165, 1.54) is 0 Å². The molecule has 3 N–H and O–H groups in total. The fraction of sp³-hybridized carbons (Fsp3) is 0.414. The summed E-state index contributed by atoms with van der Waals surface area (Å²) in [6, 6.07) is 11.3. The zero-order chi connectivity index (χ0) is 30.8. The van der Waals surface area contributed by atoms with Gasteiger partial charge in [-0.25, -0.2) is 9.78 Å². The Labute approximate surface area is 249 Å². The van der Waals surface area contributed by atoms with E-state index < -0.39 is 12.1 Å². The van der Waals surface area contributed by atoms with E-state index in [0.717, 1.165) is 48.9 Å². The SMILES string of the molecule is CC(C)CC(N)Cn1c(=O)c(-c2cn(CC3CCCO3)c3ccccc23)nc2cc(Cl)c(Cl)cc21.O=C(O)C(F)(F)F. The fourth-order valence-electron chi connectivity index (χ4n) is 5.10. The molecule has 0 saturated carbocycles. The first-order chi connectivity index (χ1) is 19.8. The number of rotatable bonds is 7. The van der Waals surface area contributed by atoms with Crippen LogP contribution in [0.15, 0.2) is 47.4 Å². The molecule has 0 spiro atoms. The number of nitrogens with zero attached hydrogens (tertiary/aromatic N) is 3. The number of carboxylic acid groups (broad SMARTS) is 1. The van der Waals surface area contributed by atoms with Crippen molar-refractivity contribution in [3.63, 3.8) is 0 Å². The number of aliphatic carboxylic acids is 1. The Hall–Kier alpha value is -3.12. The number of benzene rings is 2. The third-order valence-electron chi connectivity index (χ3n) is 6.89. The summed E-state index contributed by atoms with van der Waals surface area (Å²) in [5, 5.41) is 8.88. The zero-order valence-corrected chi connectivity index (χ0v) is 24.5. The van der Waals surface area contributed by atoms with E-state index in [1.807, 2.05) is 24.4 Å². The molecule has 2 aromatic carbocycles. The van der Waals surface area contributed by atoms with Crippen LogP contribution in [0.25, 0.3) is 33.2 Å². The molecular formula is C29H31Cl2F3N4O4. The van der Waals surface area contributed by atoms with Crippen molar-refractivity contribution in [2.24, 2.45) is 11.7 Å². The van der Waals surface area contributed by atoms with Crippen molar-refractivity contribution in [2.45, 2.75) is 64.5 Å². The summed E-state index contributed by atoms with van der Waals surface area (Å²) < 4.78 is 41.5. The molecule has 0 bridgehead atoms. The van der Waals surface area contributed by atoms with Gasteiger partial charge in [0.1, 0.15) is 5.69 Å². The van der Waals surface area contributed by atoms with E-state index in [1.54, 1.807) is 16.7 Å². The van der Waals surface area contributed by atoms with Crippen molar-refractivity contribution in [1.82, 2.24) is 14.1 Å². The normalized spacial score (nSPS) is 16.2. The molecule has 42 heavy (non-hydrogen) atoms. The molecule has 0 radical (unpaired) electrons. The lowest BCUT2D eigenvalue weighted by Gasteiger charge is -2.18. The number of alkyl halides is 3. The number of halogens is 5. The molecule has 0 amide bonds. The maximum atomic E-state index is 13.9. The number of carboxylic acids is 1. The molecule has 5 rings (SSSR count). The highest BCUT2D eigenvalue weighted by molar-refractivity contribution is 6.42. The smallest absolute Gasteiger partial charge is 0.475 e. The monoisotopic (exact) mass is 626 g/mol. The first kappa shape index (κ1) is 31.8. The van der Waals surface area contributed by atoms with Crippen molar-refractivity contribution in [2.75, 3.05) is 6.61 Å². The van der Waals surface area contributed by atoms with E-state index in [9.17, 15) is 18.0 Å². The van der Waals surface area contributed by atoms with Crippen LogP contribution in [-0.2, 0) is 22.6 Å². The molecule has 13 heteroatoms. The summed E-state index contributed by atoms with van der Waals surface area (Å²) in [4.78, 5) is 27.6. The summed E-state index contributed by atoms with van der Waals surface area (Å²) in [5.74, 6) is -2.34. The summed E-state index contributed by atoms with van der Waals surface area (Å²) in [7, 11) is 0. The fourth-order valence-corrected chi connectivity index (χ4v) is 5.42. The molecule has 8 nitrogen and oxygen atoms in total. The Kier molecular flexibility index (Phi) is 9.87. The van der Waals surface area contributed by atoms with Gasteiger partial charge in [0, 0.05) is 48.4 Å². The number of fused-ring (bicyclic) bond motifs is 2. The number of nitrogens with two attached hydrogens (primary N) is 1. The average molecular weight is 627 g/mol. The minimum absolute atomic E-state index is 0.176. The first-order valence-electron chi connectivity index (χ1n) is 13.4. The summed E-state index contributed by atoms with van der Waals surface area (Å²) in [5.41, 5.74) is 9.75. The lowest BCUT2D eigenvalue weighted by molar-refractivity contribution is -0.192. The quantitative estimate of drug-likeness (QED) is 0.242. The van der Waals surface area contributed by atoms with Gasteiger partial charge in [0.15, 0.2) is 0 Å². The molecule has 1 aliphatic heterocycles. The highest BCUT2D eigenvalue weighted by Crippen LogP contribution is 2.32. The van der Waals surface area contributed by atoms with E-state index in [-0.39, 0.29) is 17.7 Å². The number of hydrogen-bond donors (Lipinski definition) is 2. The van der Waals surface area contributed by atoms with Gasteiger partial charge >= 0.3 is 12.1 Å². The summed E-state index contributed by atoms with van der Waals surface area (Å²) in [6.07, 6.45) is 0.0319. The van der Waals surface area contributed by atoms with Crippen molar-refractivity contribution >= 4 is 51.1 Å². The topological polar surface area (TPSA) is 112 Å². The Morgan fingerprint density at radius 2 is 1.86 bits per heavy atom. The number of carbonyl (C=O) groups is 1. The Bertz CT molecular complexity index is 1650. The van der Waals surface area contributed by atoms with Gasteiger partial charge in [0.05, 0.1) is 27.2 Å². The second kappa shape index (κ2) is 13.0. The molecule has 1 fully saturated rings. The second-order valence-electron chi connectivity index (χ2n) is 10.7. The summed E-state index contributed by atoms with van der Waals surface area (Å²) >= 11 is 12.7. The third kappa shape index (κ3) is 7.26. The molecule has 1 saturated heterocycles. The number of aromatic nitrogens is 3. The molecule has 3 heterocycles. The van der Waals surface area contributed by atoms with Gasteiger partial charge in [-0.05, 0) is 43.4 Å². The van der Waals surface area contributed by atoms with Crippen LogP contribution in [-0.4, -0.2) is 50.1 Å². The van der Waals surface area contributed by atoms with Gasteiger partial charge in [0.2, 0.25) is 0 Å². The standard InChI is InChI=1S/C27H30Cl2N4O2.C2HF3O2/c1-16(2)10-17(30)13-33-25-12-22(29)21(28)11-23(25)31-26(27(33)34)20-15-32(14-18-6-5-9-35-18)24-8-4-3-7-19(20)24;3-2(4,5)1(6)7/h3-4,7-8,11-12,15-18H,5-6,9-10,13-14,30H2,1-2H3;(H,6,7). The van der Waals surface area contributed by atoms with Crippen LogP contribution in [0.4, 0.5) is 13.2 Å². The Morgan fingerprint density at radius 3 is 2.48 bits per heavy atom. The van der Waals surface area contributed by atoms with Crippen molar-refractivity contribution < 1.29 is 27.8 Å². The lowest BCUT2D eigenvalue weighted by atomic mass is 10.0.